The molecule has 0 saturated carbocycles. The molecule has 8 heteroatoms. The summed E-state index contributed by atoms with van der Waals surface area (Å²) in [6, 6.07) is 26.8. The number of para-hydroxylation sites is 1. The molecular weight excluding hydrogens is 516 g/mol. The van der Waals surface area contributed by atoms with Gasteiger partial charge in [-0.25, -0.2) is 0 Å². The van der Waals surface area contributed by atoms with Crippen molar-refractivity contribution in [1.82, 2.24) is 5.32 Å². The molecule has 0 aliphatic heterocycles. The third kappa shape index (κ3) is 7.30. The molecule has 0 atom stereocenters. The van der Waals surface area contributed by atoms with Crippen LogP contribution in [-0.4, -0.2) is 32.6 Å². The van der Waals surface area contributed by atoms with Crippen molar-refractivity contribution >= 4 is 29.1 Å². The van der Waals surface area contributed by atoms with Crippen LogP contribution >= 0.6 is 11.6 Å². The van der Waals surface area contributed by atoms with Gasteiger partial charge < -0.3 is 24.8 Å². The van der Waals surface area contributed by atoms with E-state index in [1.165, 1.54) is 0 Å². The lowest BCUT2D eigenvalue weighted by molar-refractivity contribution is 0.0955. The number of benzene rings is 4. The van der Waals surface area contributed by atoms with Gasteiger partial charge in [0.05, 0.1) is 25.5 Å². The average molecular weight is 545 g/mol. The Bertz CT molecular complexity index is 1440. The second-order valence-corrected chi connectivity index (χ2v) is 9.01. The molecule has 4 aromatic carbocycles. The van der Waals surface area contributed by atoms with Gasteiger partial charge in [-0.1, -0.05) is 48.0 Å². The van der Waals surface area contributed by atoms with E-state index in [0.29, 0.717) is 58.7 Å². The molecule has 0 aliphatic carbocycles. The van der Waals surface area contributed by atoms with Crippen LogP contribution in [0.4, 0.5) is 5.69 Å². The minimum atomic E-state index is -0.335. The van der Waals surface area contributed by atoms with E-state index in [4.69, 9.17) is 25.8 Å². The predicted molar refractivity (Wildman–Crippen MR) is 152 cm³/mol. The Morgan fingerprint density at radius 2 is 1.51 bits per heavy atom. The number of halogens is 1. The number of rotatable bonds is 11. The van der Waals surface area contributed by atoms with Crippen molar-refractivity contribution in [3.05, 3.63) is 118 Å². The first-order valence-electron chi connectivity index (χ1n) is 12.3. The standard InChI is InChI=1S/C31H29ClN2O5/c1-37-28-16-11-21(19-29(28)38-2)17-18-33-31(36)25-8-4-6-10-27(25)34-30(35)22-12-14-24(15-13-22)39-20-23-7-3-5-9-26(23)32/h3-16,19H,17-18,20H2,1-2H3,(H,33,36)(H,34,35). The first-order chi connectivity index (χ1) is 19.0. The van der Waals surface area contributed by atoms with Crippen LogP contribution in [0.2, 0.25) is 5.02 Å². The Balaban J connectivity index is 1.34. The fourth-order valence-electron chi connectivity index (χ4n) is 3.92. The van der Waals surface area contributed by atoms with Crippen molar-refractivity contribution in [2.45, 2.75) is 13.0 Å². The average Bonchev–Trinajstić information content (AvgIpc) is 2.97. The van der Waals surface area contributed by atoms with E-state index in [1.807, 2.05) is 42.5 Å². The molecule has 0 saturated heterocycles. The van der Waals surface area contributed by atoms with Crippen molar-refractivity contribution in [3.8, 4) is 17.2 Å². The van der Waals surface area contributed by atoms with Crippen LogP contribution in [0.1, 0.15) is 31.8 Å². The van der Waals surface area contributed by atoms with E-state index in [9.17, 15) is 9.59 Å². The first-order valence-corrected chi connectivity index (χ1v) is 12.7. The van der Waals surface area contributed by atoms with Gasteiger partial charge in [0.2, 0.25) is 0 Å². The van der Waals surface area contributed by atoms with Gasteiger partial charge in [-0.2, -0.15) is 0 Å². The lowest BCUT2D eigenvalue weighted by Crippen LogP contribution is -2.27. The summed E-state index contributed by atoms with van der Waals surface area (Å²) in [6.07, 6.45) is 0.603. The second kappa shape index (κ2) is 13.3. The Morgan fingerprint density at radius 3 is 2.26 bits per heavy atom. The molecule has 0 radical (unpaired) electrons. The number of hydrogen-bond acceptors (Lipinski definition) is 5. The quantitative estimate of drug-likeness (QED) is 0.236. The normalized spacial score (nSPS) is 10.4. The fourth-order valence-corrected chi connectivity index (χ4v) is 4.11. The van der Waals surface area contributed by atoms with Crippen molar-refractivity contribution in [2.75, 3.05) is 26.1 Å². The van der Waals surface area contributed by atoms with Crippen LogP contribution in [0.5, 0.6) is 17.2 Å². The van der Waals surface area contributed by atoms with Crippen molar-refractivity contribution in [3.63, 3.8) is 0 Å². The fraction of sp³-hybridized carbons (Fsp3) is 0.161. The zero-order chi connectivity index (χ0) is 27.6. The van der Waals surface area contributed by atoms with Crippen LogP contribution in [0.3, 0.4) is 0 Å². The lowest BCUT2D eigenvalue weighted by atomic mass is 10.1. The Labute approximate surface area is 232 Å². The number of nitrogens with one attached hydrogen (secondary N) is 2. The van der Waals surface area contributed by atoms with E-state index >= 15 is 0 Å². The highest BCUT2D eigenvalue weighted by atomic mass is 35.5. The maximum absolute atomic E-state index is 12.9. The lowest BCUT2D eigenvalue weighted by Gasteiger charge is -2.13. The molecule has 4 rings (SSSR count). The van der Waals surface area contributed by atoms with Crippen LogP contribution in [0, 0.1) is 0 Å². The van der Waals surface area contributed by atoms with Crippen molar-refractivity contribution in [1.29, 1.82) is 0 Å². The summed E-state index contributed by atoms with van der Waals surface area (Å²) >= 11 is 6.18. The summed E-state index contributed by atoms with van der Waals surface area (Å²) in [4.78, 5) is 25.8. The smallest absolute Gasteiger partial charge is 0.255 e. The van der Waals surface area contributed by atoms with E-state index < -0.39 is 0 Å². The largest absolute Gasteiger partial charge is 0.493 e. The number of amides is 2. The topological polar surface area (TPSA) is 85.9 Å². The van der Waals surface area contributed by atoms with E-state index in [1.54, 1.807) is 62.8 Å². The van der Waals surface area contributed by atoms with Gasteiger partial charge in [-0.3, -0.25) is 9.59 Å². The maximum atomic E-state index is 12.9. The van der Waals surface area contributed by atoms with Gasteiger partial charge in [-0.05, 0) is 66.6 Å². The van der Waals surface area contributed by atoms with Gasteiger partial charge in [0.15, 0.2) is 11.5 Å². The summed E-state index contributed by atoms with van der Waals surface area (Å²) in [7, 11) is 3.17. The molecule has 7 nitrogen and oxygen atoms in total. The summed E-state index contributed by atoms with van der Waals surface area (Å²) in [6.45, 7) is 0.728. The van der Waals surface area contributed by atoms with Gasteiger partial charge in [0, 0.05) is 22.7 Å². The second-order valence-electron chi connectivity index (χ2n) is 8.60. The van der Waals surface area contributed by atoms with E-state index in [2.05, 4.69) is 10.6 Å². The number of carbonyl (C=O) groups excluding carboxylic acids is 2. The van der Waals surface area contributed by atoms with Gasteiger partial charge in [0.25, 0.3) is 11.8 Å². The molecule has 0 heterocycles. The summed E-state index contributed by atoms with van der Waals surface area (Å²) < 4.78 is 16.4. The molecule has 2 N–H and O–H groups in total. The first kappa shape index (κ1) is 27.5. The minimum Gasteiger partial charge on any atom is -0.493 e. The molecule has 0 bridgehead atoms. The Hall–Kier alpha value is -4.49. The highest BCUT2D eigenvalue weighted by Crippen LogP contribution is 2.27. The molecule has 0 unspecified atom stereocenters. The number of carbonyl (C=O) groups is 2. The Morgan fingerprint density at radius 1 is 0.795 bits per heavy atom. The maximum Gasteiger partial charge on any atom is 0.255 e. The zero-order valence-corrected chi connectivity index (χ0v) is 22.5. The van der Waals surface area contributed by atoms with Gasteiger partial charge in [0.1, 0.15) is 12.4 Å². The monoisotopic (exact) mass is 544 g/mol. The van der Waals surface area contributed by atoms with Crippen molar-refractivity contribution < 1.29 is 23.8 Å². The highest BCUT2D eigenvalue weighted by Gasteiger charge is 2.14. The molecule has 0 fully saturated rings. The Kier molecular flexibility index (Phi) is 9.43. The van der Waals surface area contributed by atoms with Gasteiger partial charge >= 0.3 is 0 Å². The number of methoxy groups -OCH3 is 2. The van der Waals surface area contributed by atoms with E-state index in [-0.39, 0.29) is 11.8 Å². The molecule has 0 spiro atoms. The molecule has 0 aliphatic rings. The molecule has 4 aromatic rings. The van der Waals surface area contributed by atoms with Crippen LogP contribution in [0.15, 0.2) is 91.0 Å². The highest BCUT2D eigenvalue weighted by molar-refractivity contribution is 6.31. The summed E-state index contributed by atoms with van der Waals surface area (Å²) in [5.41, 5.74) is 3.10. The SMILES string of the molecule is COc1ccc(CCNC(=O)c2ccccc2NC(=O)c2ccc(OCc3ccccc3Cl)cc2)cc1OC. The van der Waals surface area contributed by atoms with Crippen LogP contribution in [-0.2, 0) is 13.0 Å². The molecule has 200 valence electrons. The van der Waals surface area contributed by atoms with Crippen molar-refractivity contribution in [2.24, 2.45) is 0 Å². The predicted octanol–water partition coefficient (Wildman–Crippen LogP) is 6.16. The van der Waals surface area contributed by atoms with Crippen LogP contribution in [0.25, 0.3) is 0 Å². The number of ether oxygens (including phenoxy) is 3. The zero-order valence-electron chi connectivity index (χ0n) is 21.7. The third-order valence-electron chi connectivity index (χ3n) is 6.04. The minimum absolute atomic E-state index is 0.283. The number of hydrogen-bond donors (Lipinski definition) is 2. The third-order valence-corrected chi connectivity index (χ3v) is 6.40. The molecule has 39 heavy (non-hydrogen) atoms. The molecule has 2 amide bonds. The number of anilines is 1. The molecule has 0 aromatic heterocycles. The molecular formula is C31H29ClN2O5. The summed E-state index contributed by atoms with van der Waals surface area (Å²) in [5, 5.41) is 6.39. The van der Waals surface area contributed by atoms with Gasteiger partial charge in [-0.15, -0.1) is 0 Å². The van der Waals surface area contributed by atoms with E-state index in [0.717, 1.165) is 11.1 Å². The summed E-state index contributed by atoms with van der Waals surface area (Å²) in [5.74, 6) is 1.28. The van der Waals surface area contributed by atoms with Crippen LogP contribution < -0.4 is 24.8 Å².